The van der Waals surface area contributed by atoms with E-state index in [0.29, 0.717) is 27.5 Å². The first-order valence-electron chi connectivity index (χ1n) is 47.9. The molecule has 44 heteroatoms. The minimum Gasteiger partial charge on any atom is -0.492 e. The van der Waals surface area contributed by atoms with Crippen LogP contribution >= 0.6 is 55.5 Å². The highest BCUT2D eigenvalue weighted by Crippen LogP contribution is 2.50. The van der Waals surface area contributed by atoms with Gasteiger partial charge in [-0.2, -0.15) is 16.8 Å². The van der Waals surface area contributed by atoms with Gasteiger partial charge in [0.15, 0.2) is 41.8 Å². The van der Waals surface area contributed by atoms with Gasteiger partial charge in [0.2, 0.25) is 35.7 Å². The number of allylic oxidation sites excluding steroid dienone is 3. The fourth-order valence-electron chi connectivity index (χ4n) is 18.2. The smallest absolute Gasteiger partial charge is 0.411 e. The number of hydroxylamine groups is 1. The lowest BCUT2D eigenvalue weighted by Gasteiger charge is -2.47. The summed E-state index contributed by atoms with van der Waals surface area (Å²) in [4.78, 5) is 131. The van der Waals surface area contributed by atoms with Crippen LogP contribution in [0.1, 0.15) is 134 Å². The van der Waals surface area contributed by atoms with E-state index in [2.05, 4.69) is 66.4 Å². The molecule has 4 saturated heterocycles. The topological polar surface area (TPSA) is 539 Å². The number of urea groups is 1. The van der Waals surface area contributed by atoms with Gasteiger partial charge in [-0.25, -0.2) is 19.2 Å². The molecule has 0 saturated carbocycles. The number of unbranched alkanes of at least 4 members (excludes halogenated alkanes) is 1. The summed E-state index contributed by atoms with van der Waals surface area (Å²) < 4.78 is 85.9. The Hall–Kier alpha value is -10.5. The number of fused-ring (bicyclic) bond motifs is 5. The molecule has 4 aliphatic heterocycles. The van der Waals surface area contributed by atoms with Crippen LogP contribution in [-0.2, 0) is 87.5 Å². The Kier molecular flexibility index (Phi) is 42.3. The zero-order valence-electron chi connectivity index (χ0n) is 83.1. The number of anilines is 1. The molecular formula is C102H129IN10O30S3. The fraction of sp³-hybridized carbons (Fsp3) is 0.510. The number of benzene rings is 5. The van der Waals surface area contributed by atoms with Crippen LogP contribution in [0.25, 0.3) is 11.1 Å². The van der Waals surface area contributed by atoms with Gasteiger partial charge < -0.3 is 139 Å². The molecule has 0 unspecified atom stereocenters. The largest absolute Gasteiger partial charge is 0.492 e. The maximum absolute atomic E-state index is 14.6. The number of halogens is 1. The molecule has 5 aromatic rings. The molecule has 16 N–H and O–H groups in total. The van der Waals surface area contributed by atoms with Crippen molar-refractivity contribution in [1.29, 1.82) is 0 Å². The summed E-state index contributed by atoms with van der Waals surface area (Å²) in [6.45, 7) is 12.9. The number of nitrogens with two attached hydrogens (primary N) is 1. The number of methoxy groups -OCH3 is 5. The van der Waals surface area contributed by atoms with E-state index < -0.39 is 199 Å². The van der Waals surface area contributed by atoms with Gasteiger partial charge in [0.25, 0.3) is 0 Å². The Bertz CT molecular complexity index is 5630. The molecule has 4 heterocycles. The van der Waals surface area contributed by atoms with Crippen molar-refractivity contribution in [3.63, 3.8) is 0 Å². The molecular weight excluding hydrogens is 2070 g/mol. The minimum atomic E-state index is -2.20. The number of aliphatic hydroxyl groups is 6. The maximum atomic E-state index is 14.6. The molecule has 0 radical (unpaired) electrons. The van der Waals surface area contributed by atoms with E-state index >= 15 is 0 Å². The summed E-state index contributed by atoms with van der Waals surface area (Å²) in [5.41, 5.74) is 11.4. The number of rotatable bonds is 43. The molecule has 12 rings (SSSR count). The van der Waals surface area contributed by atoms with Crippen LogP contribution in [-0.4, -0.2) is 302 Å². The van der Waals surface area contributed by atoms with Crippen LogP contribution in [0.2, 0.25) is 0 Å². The number of Topliss-reactive ketones (excluding diaryl/α,β-unsaturated/α-hetero) is 1. The van der Waals surface area contributed by atoms with Crippen LogP contribution < -0.4 is 62.6 Å². The number of alkyl carbamates (subject to hydrolysis) is 2. The monoisotopic (exact) mass is 2200 g/mol. The van der Waals surface area contributed by atoms with Gasteiger partial charge in [0.1, 0.15) is 73.0 Å². The lowest BCUT2D eigenvalue weighted by Crippen LogP contribution is -2.65. The average Bonchev–Trinajstić information content (AvgIpc) is 1.36. The van der Waals surface area contributed by atoms with Crippen LogP contribution in [0, 0.1) is 40.1 Å². The van der Waals surface area contributed by atoms with Crippen molar-refractivity contribution in [3.8, 4) is 52.1 Å². The molecule has 9 amide bonds. The summed E-state index contributed by atoms with van der Waals surface area (Å²) in [6, 6.07) is 25.4. The van der Waals surface area contributed by atoms with Crippen LogP contribution in [0.3, 0.4) is 0 Å². The van der Waals surface area contributed by atoms with Crippen LogP contribution in [0.15, 0.2) is 143 Å². The zero-order chi connectivity index (χ0) is 105. The second-order valence-electron chi connectivity index (χ2n) is 36.0. The molecule has 792 valence electrons. The third kappa shape index (κ3) is 28.9. The van der Waals surface area contributed by atoms with E-state index in [0.717, 1.165) is 34.3 Å². The van der Waals surface area contributed by atoms with Crippen molar-refractivity contribution >= 4 is 120 Å². The van der Waals surface area contributed by atoms with Gasteiger partial charge in [-0.15, -0.1) is 0 Å². The second kappa shape index (κ2) is 54.1. The molecule has 0 spiro atoms. The second-order valence-corrected chi connectivity index (χ2v) is 40.7. The number of primary amides is 1. The highest BCUT2D eigenvalue weighted by atomic mass is 127. The number of ether oxygens (including phenoxy) is 14. The molecule has 7 aliphatic rings. The maximum Gasteiger partial charge on any atom is 0.411 e. The quantitative estimate of drug-likeness (QED) is 0.00258. The highest BCUT2D eigenvalue weighted by Gasteiger charge is 2.53. The predicted molar refractivity (Wildman–Crippen MR) is 549 cm³/mol. The molecule has 22 atom stereocenters. The third-order valence-electron chi connectivity index (χ3n) is 25.8. The van der Waals surface area contributed by atoms with E-state index in [9.17, 15) is 73.8 Å². The Labute approximate surface area is 871 Å². The lowest BCUT2D eigenvalue weighted by molar-refractivity contribution is -0.337. The minimum absolute atomic E-state index is 0.00646. The first kappa shape index (κ1) is 114. The van der Waals surface area contributed by atoms with Crippen molar-refractivity contribution in [2.75, 3.05) is 79.5 Å². The predicted octanol–water partition coefficient (Wildman–Crippen LogP) is 7.88. The number of hydrogen-bond acceptors (Lipinski definition) is 32. The Morgan fingerprint density at radius 1 is 0.705 bits per heavy atom. The average molecular weight is 2200 g/mol. The number of aliphatic hydroxyl groups excluding tert-OH is 5. The van der Waals surface area contributed by atoms with Crippen LogP contribution in [0.4, 0.5) is 24.9 Å². The summed E-state index contributed by atoms with van der Waals surface area (Å²) >= 11 is 2.19. The number of ketones is 1. The van der Waals surface area contributed by atoms with Crippen molar-refractivity contribution in [2.24, 2.45) is 11.7 Å². The molecule has 0 aromatic heterocycles. The summed E-state index contributed by atoms with van der Waals surface area (Å²) in [7, 11) is 9.43. The van der Waals surface area contributed by atoms with Crippen molar-refractivity contribution in [2.45, 2.75) is 258 Å². The van der Waals surface area contributed by atoms with E-state index in [-0.39, 0.29) is 145 Å². The first-order valence-corrected chi connectivity index (χ1v) is 52.3. The molecule has 4 fully saturated rings. The number of nitrogens with zero attached hydrogens (tertiary/aromatic N) is 1. The molecule has 2 bridgehead atoms. The number of thiol groups is 1. The van der Waals surface area contributed by atoms with E-state index in [1.165, 1.54) is 74.0 Å². The van der Waals surface area contributed by atoms with Gasteiger partial charge in [-0.3, -0.25) is 34.1 Å². The number of hydrogen-bond donors (Lipinski definition) is 16. The van der Waals surface area contributed by atoms with Crippen molar-refractivity contribution in [1.82, 2.24) is 42.3 Å². The number of nitrogens with one attached hydrogen (secondary N) is 8. The standard InChI is InChI=1S/C102H129IN10O30S3/c1-14-113(101(127)136-50-59-38-40-60(41-39-59)108-92(120)69(36-28-45-105-98(104)124)109-94(122)80(53(2)3)110-93(121)68(107-58(8)114)35-25-27-44-106-99(125)135-51-66-64-33-23-21-31-62(64)63-32-22-24-34-65(63)66)70-52-134-75(48-74(70)129-9)141-89-84(118)81(55(5)138-97(89)140-73-37-20-15-16-26-43-102(128)49-72(116)82(111-100(126)133-13)78(73)67(102)42-46-144-146-61-29-18-17-19-30-61)112-143-76-47-71(115)91(57(7)137-76)145-95(123)77-54(4)79(103)87(90(132-12)86(77)130-10)142-96-85(119)88(131-11)83(117)56(6)139-96/h15-19,21-24,29-34,38-42,53,55-57,66,68-71,73-76,80-81,83-85,88-89,91,96-97,112,115,117-119,123,128,145H,14,25,27-28,35-36,44-52H2,1-13H3,(H,106,125)(H,107,114)(H,108,120)(H,109,122)(H,110,121)(H,111,126)(H3,104,105,124)/b16-15?,67-42+/t55-,56+,57-,68+,69+,70+,71+,73+,74+,75+,76+,80+,81-,83+,84+,85-,88-,89-,91-,96+,97+,102+/m1/s1. The Morgan fingerprint density at radius 2 is 1.38 bits per heavy atom. The number of likely N-dealkylation sites (N-methyl/N-ethyl adjacent to an activating group) is 1. The SMILES string of the molecule is CCN(C(=O)OCc1ccc(NC(=O)[C@H](CCCNC(N)=O)NC(=O)[C@@H](NC(=O)[C@H](CCCCNC(=O)OCC2c3ccccc3-c3ccccc32)NC(C)=O)C(C)C)cc1)[C@H]1CO[C@@H](O[C@H]2[C@H](O[C@H]3C#CC=CC#C[C@]4(O)CC(=O)C(NC(=O)OC)=C3/C4=C\CSSc3ccccc3)O[C@H](C)[C@@H](NO[C@H]3C[C@H](O)[C@H]([SH]=C(O)c4c(C)c(I)c(O[C@@H]5O[C@@H](C)[C@H](O)[C@@H](OC)[C@H]5O)c(OC)c4OC)[C@@H](C)O3)[C@@H]2O)C[C@@H]1OC. The Morgan fingerprint density at radius 3 is 2.03 bits per heavy atom. The molecule has 40 nitrogen and oxygen atoms in total. The van der Waals surface area contributed by atoms with E-state index in [4.69, 9.17) is 76.9 Å². The van der Waals surface area contributed by atoms with Gasteiger partial charge in [-0.1, -0.05) is 144 Å². The normalized spacial score (nSPS) is 26.3. The van der Waals surface area contributed by atoms with Crippen molar-refractivity contribution in [3.05, 3.63) is 170 Å². The van der Waals surface area contributed by atoms with E-state index in [1.807, 2.05) is 101 Å². The first-order chi connectivity index (χ1) is 70.0. The van der Waals surface area contributed by atoms with Crippen molar-refractivity contribution < 1.29 is 145 Å². The number of amides is 9. The van der Waals surface area contributed by atoms with Crippen LogP contribution in [0.5, 0.6) is 17.2 Å². The Balaban J connectivity index is 0.709. The summed E-state index contributed by atoms with van der Waals surface area (Å²) in [6.07, 6.45) is -17.0. The van der Waals surface area contributed by atoms with Gasteiger partial charge in [-0.05, 0) is 165 Å². The summed E-state index contributed by atoms with van der Waals surface area (Å²) in [5, 5.41) is 89.7. The van der Waals surface area contributed by atoms with Gasteiger partial charge >= 0.3 is 24.3 Å². The molecule has 146 heavy (non-hydrogen) atoms. The lowest BCUT2D eigenvalue weighted by atomic mass is 9.75. The molecule has 3 aliphatic carbocycles. The van der Waals surface area contributed by atoms with Gasteiger partial charge in [0.05, 0.1) is 97.0 Å². The number of carbonyl (C=O) groups is 9. The number of carbonyl (C=O) groups excluding carboxylic acids is 9. The molecule has 5 aromatic carbocycles. The van der Waals surface area contributed by atoms with E-state index in [1.54, 1.807) is 78.8 Å². The third-order valence-corrected chi connectivity index (χ3v) is 30.8. The highest BCUT2D eigenvalue weighted by molar-refractivity contribution is 14.1. The summed E-state index contributed by atoms with van der Waals surface area (Å²) in [5.74, 6) is 7.95. The van der Waals surface area contributed by atoms with Gasteiger partial charge in [0, 0.05) is 87.0 Å². The fourth-order valence-corrected chi connectivity index (χ4v) is 21.9. The zero-order valence-corrected chi connectivity index (χ0v) is 87.8.